The fourth-order valence-electron chi connectivity index (χ4n) is 1.90. The Hall–Kier alpha value is -2.14. The van der Waals surface area contributed by atoms with Crippen molar-refractivity contribution in [1.29, 1.82) is 5.26 Å². The van der Waals surface area contributed by atoms with Gasteiger partial charge in [0.05, 0.1) is 12.0 Å². The van der Waals surface area contributed by atoms with Gasteiger partial charge in [0.15, 0.2) is 0 Å². The highest BCUT2D eigenvalue weighted by molar-refractivity contribution is 5.86. The van der Waals surface area contributed by atoms with E-state index in [9.17, 15) is 4.79 Å². The Morgan fingerprint density at radius 3 is 2.69 bits per heavy atom. The van der Waals surface area contributed by atoms with Crippen molar-refractivity contribution in [3.8, 4) is 6.07 Å². The second-order valence-corrected chi connectivity index (χ2v) is 3.65. The summed E-state index contributed by atoms with van der Waals surface area (Å²) in [6.45, 7) is 0. The van der Waals surface area contributed by atoms with Crippen molar-refractivity contribution in [3.63, 3.8) is 0 Å². The second-order valence-electron chi connectivity index (χ2n) is 3.65. The van der Waals surface area contributed by atoms with E-state index in [-0.39, 0.29) is 12.3 Å². The molecule has 0 heterocycles. The molecule has 0 aliphatic rings. The molecule has 0 aliphatic heterocycles. The van der Waals surface area contributed by atoms with Crippen molar-refractivity contribution in [3.05, 3.63) is 48.0 Å². The standard InChI is InChI=1S/C14H11NO/c15-10-12(8-9-16)14-7-3-5-11-4-1-2-6-13(11)14/h1-7,9,12H,8H2. The maximum absolute atomic E-state index is 10.5. The van der Waals surface area contributed by atoms with Crippen LogP contribution in [0.5, 0.6) is 0 Å². The zero-order valence-corrected chi connectivity index (χ0v) is 8.76. The van der Waals surface area contributed by atoms with Crippen LogP contribution in [0.2, 0.25) is 0 Å². The number of carbonyl (C=O) groups excluding carboxylic acids is 1. The van der Waals surface area contributed by atoms with Gasteiger partial charge in [0.25, 0.3) is 0 Å². The highest BCUT2D eigenvalue weighted by Crippen LogP contribution is 2.26. The number of rotatable bonds is 3. The van der Waals surface area contributed by atoms with Gasteiger partial charge in [0, 0.05) is 6.42 Å². The van der Waals surface area contributed by atoms with Gasteiger partial charge in [0.2, 0.25) is 0 Å². The number of nitrogens with zero attached hydrogens (tertiary/aromatic N) is 1. The molecule has 2 rings (SSSR count). The fraction of sp³-hybridized carbons (Fsp3) is 0.143. The van der Waals surface area contributed by atoms with Crippen LogP contribution >= 0.6 is 0 Å². The van der Waals surface area contributed by atoms with Crippen molar-refractivity contribution in [2.45, 2.75) is 12.3 Å². The van der Waals surface area contributed by atoms with E-state index >= 15 is 0 Å². The average molecular weight is 209 g/mol. The van der Waals surface area contributed by atoms with E-state index in [2.05, 4.69) is 6.07 Å². The minimum absolute atomic E-state index is 0.254. The van der Waals surface area contributed by atoms with Crippen LogP contribution < -0.4 is 0 Å². The smallest absolute Gasteiger partial charge is 0.121 e. The lowest BCUT2D eigenvalue weighted by Gasteiger charge is -2.09. The predicted molar refractivity (Wildman–Crippen MR) is 63.0 cm³/mol. The van der Waals surface area contributed by atoms with Crippen molar-refractivity contribution >= 4 is 17.1 Å². The molecule has 0 amide bonds. The lowest BCUT2D eigenvalue weighted by atomic mass is 9.92. The lowest BCUT2D eigenvalue weighted by Crippen LogP contribution is -1.97. The van der Waals surface area contributed by atoms with Crippen LogP contribution in [-0.4, -0.2) is 6.29 Å². The van der Waals surface area contributed by atoms with Gasteiger partial charge >= 0.3 is 0 Å². The number of fused-ring (bicyclic) bond motifs is 1. The molecule has 0 radical (unpaired) electrons. The first-order chi connectivity index (χ1) is 7.86. The number of nitriles is 1. The largest absolute Gasteiger partial charge is 0.303 e. The minimum Gasteiger partial charge on any atom is -0.303 e. The van der Waals surface area contributed by atoms with Crippen molar-refractivity contribution in [2.75, 3.05) is 0 Å². The van der Waals surface area contributed by atoms with Crippen LogP contribution in [0.4, 0.5) is 0 Å². The summed E-state index contributed by atoms with van der Waals surface area (Å²) in [6.07, 6.45) is 1.06. The Morgan fingerprint density at radius 2 is 1.94 bits per heavy atom. The molecular formula is C14H11NO. The Bertz CT molecular complexity index is 549. The van der Waals surface area contributed by atoms with Gasteiger partial charge in [-0.15, -0.1) is 0 Å². The van der Waals surface area contributed by atoms with E-state index in [1.165, 1.54) is 0 Å². The van der Waals surface area contributed by atoms with Gasteiger partial charge < -0.3 is 4.79 Å². The molecule has 1 unspecified atom stereocenters. The average Bonchev–Trinajstić information content (AvgIpc) is 2.35. The van der Waals surface area contributed by atoms with E-state index in [1.54, 1.807) is 0 Å². The number of aldehydes is 1. The molecule has 2 aromatic carbocycles. The van der Waals surface area contributed by atoms with E-state index in [1.807, 2.05) is 42.5 Å². The SMILES string of the molecule is N#CC(CC=O)c1cccc2ccccc12. The van der Waals surface area contributed by atoms with Crippen LogP contribution in [-0.2, 0) is 4.79 Å². The minimum atomic E-state index is -0.344. The topological polar surface area (TPSA) is 40.9 Å². The molecule has 0 aromatic heterocycles. The Balaban J connectivity index is 2.59. The monoisotopic (exact) mass is 209 g/mol. The summed E-state index contributed by atoms with van der Waals surface area (Å²) in [6, 6.07) is 15.9. The summed E-state index contributed by atoms with van der Waals surface area (Å²) < 4.78 is 0. The van der Waals surface area contributed by atoms with E-state index in [0.29, 0.717) is 0 Å². The molecule has 0 spiro atoms. The summed E-state index contributed by atoms with van der Waals surface area (Å²) in [7, 11) is 0. The zero-order chi connectivity index (χ0) is 11.4. The third-order valence-electron chi connectivity index (χ3n) is 2.69. The summed E-state index contributed by atoms with van der Waals surface area (Å²) in [5, 5.41) is 11.2. The number of benzene rings is 2. The highest BCUT2D eigenvalue weighted by atomic mass is 16.1. The Labute approximate surface area is 94.1 Å². The second kappa shape index (κ2) is 4.59. The first-order valence-corrected chi connectivity index (χ1v) is 5.17. The molecule has 2 aromatic rings. The first-order valence-electron chi connectivity index (χ1n) is 5.17. The predicted octanol–water partition coefficient (Wildman–Crippen LogP) is 3.04. The van der Waals surface area contributed by atoms with E-state index < -0.39 is 0 Å². The maximum atomic E-state index is 10.5. The van der Waals surface area contributed by atoms with E-state index in [4.69, 9.17) is 5.26 Å². The van der Waals surface area contributed by atoms with Gasteiger partial charge in [0.1, 0.15) is 6.29 Å². The molecule has 0 fully saturated rings. The molecule has 0 N–H and O–H groups in total. The van der Waals surface area contributed by atoms with Crippen LogP contribution in [0.25, 0.3) is 10.8 Å². The molecule has 78 valence electrons. The van der Waals surface area contributed by atoms with Crippen molar-refractivity contribution < 1.29 is 4.79 Å². The Morgan fingerprint density at radius 1 is 1.19 bits per heavy atom. The zero-order valence-electron chi connectivity index (χ0n) is 8.76. The third kappa shape index (κ3) is 1.80. The molecule has 0 aliphatic carbocycles. The maximum Gasteiger partial charge on any atom is 0.121 e. The van der Waals surface area contributed by atoms with Crippen LogP contribution in [0.1, 0.15) is 17.9 Å². The normalized spacial score (nSPS) is 11.9. The van der Waals surface area contributed by atoms with Gasteiger partial charge in [-0.25, -0.2) is 0 Å². The van der Waals surface area contributed by atoms with Crippen molar-refractivity contribution in [2.24, 2.45) is 0 Å². The quantitative estimate of drug-likeness (QED) is 0.729. The molecule has 2 nitrogen and oxygen atoms in total. The number of carbonyl (C=O) groups is 1. The van der Waals surface area contributed by atoms with Gasteiger partial charge in [-0.05, 0) is 16.3 Å². The number of hydrogen-bond acceptors (Lipinski definition) is 2. The van der Waals surface area contributed by atoms with Gasteiger partial charge in [-0.2, -0.15) is 5.26 Å². The molecule has 16 heavy (non-hydrogen) atoms. The van der Waals surface area contributed by atoms with Crippen LogP contribution in [0.3, 0.4) is 0 Å². The molecular weight excluding hydrogens is 198 g/mol. The fourth-order valence-corrected chi connectivity index (χ4v) is 1.90. The van der Waals surface area contributed by atoms with Crippen molar-refractivity contribution in [1.82, 2.24) is 0 Å². The summed E-state index contributed by atoms with van der Waals surface area (Å²) in [5.74, 6) is -0.344. The Kier molecular flexibility index (Phi) is 2.98. The van der Waals surface area contributed by atoms with Crippen LogP contribution in [0, 0.1) is 11.3 Å². The molecule has 1 atom stereocenters. The summed E-state index contributed by atoms with van der Waals surface area (Å²) in [5.41, 5.74) is 0.938. The van der Waals surface area contributed by atoms with E-state index in [0.717, 1.165) is 22.6 Å². The van der Waals surface area contributed by atoms with Gasteiger partial charge in [-0.3, -0.25) is 0 Å². The van der Waals surface area contributed by atoms with Crippen LogP contribution in [0.15, 0.2) is 42.5 Å². The molecule has 2 heteroatoms. The highest BCUT2D eigenvalue weighted by Gasteiger charge is 2.12. The molecule has 0 saturated heterocycles. The summed E-state index contributed by atoms with van der Waals surface area (Å²) in [4.78, 5) is 10.5. The number of hydrogen-bond donors (Lipinski definition) is 0. The summed E-state index contributed by atoms with van der Waals surface area (Å²) >= 11 is 0. The first kappa shape index (κ1) is 10.4. The molecule has 0 saturated carbocycles. The van der Waals surface area contributed by atoms with Gasteiger partial charge in [-0.1, -0.05) is 42.5 Å². The third-order valence-corrected chi connectivity index (χ3v) is 2.69. The lowest BCUT2D eigenvalue weighted by molar-refractivity contribution is -0.107. The molecule has 0 bridgehead atoms.